The van der Waals surface area contributed by atoms with Gasteiger partial charge < -0.3 is 10.4 Å². The molecule has 0 saturated heterocycles. The molecule has 1 amide bonds. The van der Waals surface area contributed by atoms with Crippen LogP contribution in [0.5, 0.6) is 0 Å². The van der Waals surface area contributed by atoms with E-state index < -0.39 is 17.4 Å². The van der Waals surface area contributed by atoms with Crippen LogP contribution in [0.2, 0.25) is 0 Å². The van der Waals surface area contributed by atoms with Crippen LogP contribution >= 0.6 is 23.1 Å². The van der Waals surface area contributed by atoms with Crippen molar-refractivity contribution >= 4 is 35.0 Å². The molecule has 0 radical (unpaired) electrons. The number of carbonyl (C=O) groups excluding carboxylic acids is 1. The van der Waals surface area contributed by atoms with Crippen LogP contribution in [0.4, 0.5) is 13.2 Å². The van der Waals surface area contributed by atoms with Crippen LogP contribution in [0.1, 0.15) is 17.0 Å². The maximum absolute atomic E-state index is 12.2. The first-order valence-electron chi connectivity index (χ1n) is 5.38. The molecule has 0 unspecified atom stereocenters. The Labute approximate surface area is 120 Å². The maximum atomic E-state index is 12.2. The predicted octanol–water partition coefficient (Wildman–Crippen LogP) is 2.20. The Kier molecular flexibility index (Phi) is 5.81. The minimum absolute atomic E-state index is 0.0177. The maximum Gasteiger partial charge on any atom is 0.448 e. The number of hydrogen-bond donors (Lipinski definition) is 2. The molecule has 0 bridgehead atoms. The minimum atomic E-state index is -4.41. The first kappa shape index (κ1) is 16.8. The van der Waals surface area contributed by atoms with E-state index in [-0.39, 0.29) is 35.5 Å². The van der Waals surface area contributed by atoms with Gasteiger partial charge in [0.05, 0.1) is 18.5 Å². The van der Waals surface area contributed by atoms with Gasteiger partial charge in [-0.15, -0.1) is 11.3 Å². The molecular formula is C10H11F3N2O3S2. The second-order valence-corrected chi connectivity index (χ2v) is 6.10. The molecule has 0 aromatic carbocycles. The summed E-state index contributed by atoms with van der Waals surface area (Å²) >= 11 is 0.492. The third-order valence-corrected chi connectivity index (χ3v) is 4.01. The van der Waals surface area contributed by atoms with Gasteiger partial charge in [0.15, 0.2) is 4.34 Å². The molecule has 1 aromatic heterocycles. The van der Waals surface area contributed by atoms with E-state index in [0.717, 1.165) is 11.3 Å². The molecule has 10 heteroatoms. The number of aryl methyl sites for hydroxylation is 1. The SMILES string of the molecule is Cc1nc(SC(F)(F)F)sc1CC(=O)NCCC(=O)O. The van der Waals surface area contributed by atoms with Crippen LogP contribution in [0.3, 0.4) is 0 Å². The van der Waals surface area contributed by atoms with E-state index in [1.807, 2.05) is 0 Å². The van der Waals surface area contributed by atoms with Crippen molar-refractivity contribution in [2.75, 3.05) is 6.54 Å². The van der Waals surface area contributed by atoms with Gasteiger partial charge in [-0.2, -0.15) is 13.2 Å². The average Bonchev–Trinajstić information content (AvgIpc) is 2.55. The van der Waals surface area contributed by atoms with Gasteiger partial charge in [-0.05, 0) is 6.92 Å². The quantitative estimate of drug-likeness (QED) is 0.783. The Bertz CT molecular complexity index is 502. The molecule has 0 spiro atoms. The van der Waals surface area contributed by atoms with Crippen LogP contribution in [-0.4, -0.2) is 34.0 Å². The first-order valence-corrected chi connectivity index (χ1v) is 7.01. The standard InChI is InChI=1S/C10H11F3N2O3S2/c1-5-6(4-7(16)14-3-2-8(17)18)19-9(15-5)20-10(11,12)13/h2-4H2,1H3,(H,14,16)(H,17,18). The Hall–Kier alpha value is -1.29. The molecule has 20 heavy (non-hydrogen) atoms. The molecule has 112 valence electrons. The molecule has 1 rings (SSSR count). The summed E-state index contributed by atoms with van der Waals surface area (Å²) in [6.07, 6.45) is -0.315. The Morgan fingerprint density at radius 2 is 2.10 bits per heavy atom. The van der Waals surface area contributed by atoms with Gasteiger partial charge in [0.2, 0.25) is 5.91 Å². The van der Waals surface area contributed by atoms with Crippen molar-refractivity contribution in [2.45, 2.75) is 29.6 Å². The van der Waals surface area contributed by atoms with Crippen molar-refractivity contribution in [3.63, 3.8) is 0 Å². The van der Waals surface area contributed by atoms with Crippen molar-refractivity contribution in [1.82, 2.24) is 10.3 Å². The summed E-state index contributed by atoms with van der Waals surface area (Å²) in [6.45, 7) is 1.51. The number of halogens is 3. The monoisotopic (exact) mass is 328 g/mol. The molecule has 0 aliphatic rings. The van der Waals surface area contributed by atoms with Gasteiger partial charge in [-0.1, -0.05) is 0 Å². The van der Waals surface area contributed by atoms with Crippen LogP contribution in [-0.2, 0) is 16.0 Å². The number of nitrogens with zero attached hydrogens (tertiary/aromatic N) is 1. The number of carboxylic acid groups (broad SMARTS) is 1. The topological polar surface area (TPSA) is 79.3 Å². The molecular weight excluding hydrogens is 317 g/mol. The number of alkyl halides is 3. The lowest BCUT2D eigenvalue weighted by molar-refractivity contribution is -0.136. The zero-order valence-electron chi connectivity index (χ0n) is 10.3. The number of amides is 1. The highest BCUT2D eigenvalue weighted by atomic mass is 32.2. The highest BCUT2D eigenvalue weighted by Gasteiger charge is 2.31. The average molecular weight is 328 g/mol. The van der Waals surface area contributed by atoms with Gasteiger partial charge in [0.1, 0.15) is 0 Å². The number of thiazole rings is 1. The number of aliphatic carboxylic acids is 1. The van der Waals surface area contributed by atoms with Crippen molar-refractivity contribution in [3.05, 3.63) is 10.6 Å². The highest BCUT2D eigenvalue weighted by Crippen LogP contribution is 2.39. The summed E-state index contributed by atoms with van der Waals surface area (Å²) in [5.41, 5.74) is -4.04. The van der Waals surface area contributed by atoms with E-state index in [2.05, 4.69) is 10.3 Å². The fourth-order valence-corrected chi connectivity index (χ4v) is 3.15. The number of rotatable bonds is 6. The highest BCUT2D eigenvalue weighted by molar-refractivity contribution is 8.01. The lowest BCUT2D eigenvalue weighted by Gasteiger charge is -2.02. The largest absolute Gasteiger partial charge is 0.481 e. The Balaban J connectivity index is 2.55. The van der Waals surface area contributed by atoms with E-state index in [1.54, 1.807) is 0 Å². The number of nitrogens with one attached hydrogen (secondary N) is 1. The van der Waals surface area contributed by atoms with E-state index in [1.165, 1.54) is 6.92 Å². The zero-order chi connectivity index (χ0) is 15.3. The van der Waals surface area contributed by atoms with Crippen LogP contribution in [0, 0.1) is 6.92 Å². The summed E-state index contributed by atoms with van der Waals surface area (Å²) in [5.74, 6) is -1.48. The van der Waals surface area contributed by atoms with Gasteiger partial charge in [0.25, 0.3) is 0 Å². The van der Waals surface area contributed by atoms with Crippen molar-refractivity contribution in [3.8, 4) is 0 Å². The zero-order valence-corrected chi connectivity index (χ0v) is 11.9. The van der Waals surface area contributed by atoms with Crippen LogP contribution in [0.15, 0.2) is 4.34 Å². The van der Waals surface area contributed by atoms with E-state index in [4.69, 9.17) is 5.11 Å². The summed E-state index contributed by atoms with van der Waals surface area (Å²) < 4.78 is 36.4. The fourth-order valence-electron chi connectivity index (χ4n) is 1.23. The number of thioether (sulfide) groups is 1. The molecule has 0 aliphatic carbocycles. The number of carbonyl (C=O) groups is 2. The molecule has 0 saturated carbocycles. The smallest absolute Gasteiger partial charge is 0.448 e. The molecule has 0 fully saturated rings. The van der Waals surface area contributed by atoms with E-state index in [0.29, 0.717) is 10.6 Å². The van der Waals surface area contributed by atoms with Crippen LogP contribution < -0.4 is 5.32 Å². The second kappa shape index (κ2) is 6.93. The second-order valence-electron chi connectivity index (χ2n) is 3.71. The van der Waals surface area contributed by atoms with Gasteiger partial charge in [-0.25, -0.2) is 4.98 Å². The summed E-state index contributed by atoms with van der Waals surface area (Å²) in [4.78, 5) is 25.9. The fraction of sp³-hybridized carbons (Fsp3) is 0.500. The summed E-state index contributed by atoms with van der Waals surface area (Å²) in [7, 11) is 0. The lowest BCUT2D eigenvalue weighted by atomic mass is 10.3. The third kappa shape index (κ3) is 6.24. The van der Waals surface area contributed by atoms with Crippen molar-refractivity contribution in [1.29, 1.82) is 0 Å². The summed E-state index contributed by atoms with van der Waals surface area (Å²) in [5, 5.41) is 10.8. The molecule has 2 N–H and O–H groups in total. The normalized spacial score (nSPS) is 11.4. The molecule has 5 nitrogen and oxygen atoms in total. The predicted molar refractivity (Wildman–Crippen MR) is 67.7 cm³/mol. The lowest BCUT2D eigenvalue weighted by Crippen LogP contribution is -2.27. The Morgan fingerprint density at radius 3 is 2.65 bits per heavy atom. The van der Waals surface area contributed by atoms with E-state index in [9.17, 15) is 22.8 Å². The molecule has 0 atom stereocenters. The summed E-state index contributed by atoms with van der Waals surface area (Å²) in [6, 6.07) is 0. The first-order chi connectivity index (χ1) is 9.17. The van der Waals surface area contributed by atoms with Crippen molar-refractivity contribution < 1.29 is 27.9 Å². The van der Waals surface area contributed by atoms with Crippen molar-refractivity contribution in [2.24, 2.45) is 0 Å². The number of carboxylic acids is 1. The van der Waals surface area contributed by atoms with Gasteiger partial charge in [-0.3, -0.25) is 9.59 Å². The van der Waals surface area contributed by atoms with Gasteiger partial charge in [0, 0.05) is 23.2 Å². The molecule has 0 aliphatic heterocycles. The number of hydrogen-bond acceptors (Lipinski definition) is 5. The third-order valence-electron chi connectivity index (χ3n) is 2.06. The molecule has 1 aromatic rings. The van der Waals surface area contributed by atoms with Gasteiger partial charge >= 0.3 is 11.5 Å². The minimum Gasteiger partial charge on any atom is -0.481 e. The Morgan fingerprint density at radius 1 is 1.45 bits per heavy atom. The number of aromatic nitrogens is 1. The van der Waals surface area contributed by atoms with Crippen LogP contribution in [0.25, 0.3) is 0 Å². The van der Waals surface area contributed by atoms with E-state index >= 15 is 0 Å². The molecule has 1 heterocycles.